The van der Waals surface area contributed by atoms with Crippen LogP contribution < -0.4 is 5.32 Å². The fourth-order valence-electron chi connectivity index (χ4n) is 2.02. The highest BCUT2D eigenvalue weighted by Crippen LogP contribution is 2.27. The van der Waals surface area contributed by atoms with Crippen molar-refractivity contribution in [2.45, 2.75) is 63.6 Å². The summed E-state index contributed by atoms with van der Waals surface area (Å²) in [6.07, 6.45) is 1.94. The normalized spacial score (nSPS) is 14.1. The predicted molar refractivity (Wildman–Crippen MR) is 95.0 cm³/mol. The molecule has 128 valence electrons. The van der Waals surface area contributed by atoms with Crippen molar-refractivity contribution < 1.29 is 14.7 Å². The molecular weight excluding hydrogens is 310 g/mol. The van der Waals surface area contributed by atoms with E-state index in [1.807, 2.05) is 13.0 Å². The number of nitrogens with one attached hydrogen (secondary N) is 1. The molecule has 23 heavy (non-hydrogen) atoms. The molecule has 0 radical (unpaired) electrons. The Morgan fingerprint density at radius 1 is 1.22 bits per heavy atom. The second-order valence-electron chi connectivity index (χ2n) is 7.07. The number of aliphatic carboxylic acids is 1. The van der Waals surface area contributed by atoms with Gasteiger partial charge in [0.2, 0.25) is 0 Å². The van der Waals surface area contributed by atoms with Crippen molar-refractivity contribution >= 4 is 23.6 Å². The summed E-state index contributed by atoms with van der Waals surface area (Å²) in [4.78, 5) is 24.2. The number of hydrogen-bond donors (Lipinski definition) is 2. The number of amides is 1. The van der Waals surface area contributed by atoms with Crippen LogP contribution in [0.15, 0.2) is 29.2 Å². The molecule has 0 aromatic heterocycles. The summed E-state index contributed by atoms with van der Waals surface area (Å²) in [7, 11) is 0. The molecule has 0 aliphatic heterocycles. The molecule has 1 aromatic carbocycles. The van der Waals surface area contributed by atoms with Crippen molar-refractivity contribution in [3.05, 3.63) is 29.8 Å². The minimum atomic E-state index is -0.885. The molecule has 1 amide bonds. The van der Waals surface area contributed by atoms with Crippen molar-refractivity contribution in [3.63, 3.8) is 0 Å². The Morgan fingerprint density at radius 2 is 1.83 bits per heavy atom. The average Bonchev–Trinajstić information content (AvgIpc) is 2.44. The Balaban J connectivity index is 2.74. The van der Waals surface area contributed by atoms with Crippen molar-refractivity contribution in [1.29, 1.82) is 0 Å². The Bertz CT molecular complexity index is 551. The fraction of sp³-hybridized carbons (Fsp3) is 0.556. The van der Waals surface area contributed by atoms with Crippen molar-refractivity contribution in [1.82, 2.24) is 5.32 Å². The maximum atomic E-state index is 12.5. The lowest BCUT2D eigenvalue weighted by Crippen LogP contribution is -2.33. The summed E-state index contributed by atoms with van der Waals surface area (Å²) in [6.45, 7) is 10.2. The van der Waals surface area contributed by atoms with E-state index in [4.69, 9.17) is 5.11 Å². The van der Waals surface area contributed by atoms with Crippen LogP contribution in [0.3, 0.4) is 0 Å². The van der Waals surface area contributed by atoms with Gasteiger partial charge in [-0.05, 0) is 44.2 Å². The molecule has 0 aliphatic rings. The van der Waals surface area contributed by atoms with Crippen LogP contribution in [0.5, 0.6) is 0 Å². The number of benzene rings is 1. The van der Waals surface area contributed by atoms with Gasteiger partial charge in [0.15, 0.2) is 0 Å². The van der Waals surface area contributed by atoms with Crippen molar-refractivity contribution in [3.8, 4) is 0 Å². The van der Waals surface area contributed by atoms with Gasteiger partial charge in [-0.15, -0.1) is 11.8 Å². The van der Waals surface area contributed by atoms with E-state index in [0.29, 0.717) is 10.5 Å². The van der Waals surface area contributed by atoms with E-state index >= 15 is 0 Å². The maximum Gasteiger partial charge on any atom is 0.316 e. The van der Waals surface area contributed by atoms with E-state index in [1.54, 1.807) is 25.1 Å². The zero-order valence-corrected chi connectivity index (χ0v) is 15.4. The first-order valence-electron chi connectivity index (χ1n) is 7.89. The largest absolute Gasteiger partial charge is 0.480 e. The van der Waals surface area contributed by atoms with Gasteiger partial charge in [0.25, 0.3) is 5.91 Å². The smallest absolute Gasteiger partial charge is 0.316 e. The highest BCUT2D eigenvalue weighted by atomic mass is 32.2. The highest BCUT2D eigenvalue weighted by molar-refractivity contribution is 8.00. The van der Waals surface area contributed by atoms with E-state index in [0.717, 1.165) is 12.8 Å². The van der Waals surface area contributed by atoms with Crippen LogP contribution >= 0.6 is 11.8 Å². The van der Waals surface area contributed by atoms with Gasteiger partial charge in [0.1, 0.15) is 5.25 Å². The van der Waals surface area contributed by atoms with Crippen LogP contribution in [0.1, 0.15) is 57.8 Å². The lowest BCUT2D eigenvalue weighted by atomic mass is 9.89. The summed E-state index contributed by atoms with van der Waals surface area (Å²) < 4.78 is 0. The molecule has 0 heterocycles. The van der Waals surface area contributed by atoms with Gasteiger partial charge in [0, 0.05) is 10.9 Å². The molecule has 4 nitrogen and oxygen atoms in total. The first-order valence-corrected chi connectivity index (χ1v) is 8.77. The third-order valence-electron chi connectivity index (χ3n) is 3.49. The summed E-state index contributed by atoms with van der Waals surface area (Å²) in [5.41, 5.74) is 0.775. The monoisotopic (exact) mass is 337 g/mol. The summed E-state index contributed by atoms with van der Waals surface area (Å²) in [5, 5.41) is 11.5. The van der Waals surface area contributed by atoms with Gasteiger partial charge < -0.3 is 10.4 Å². The Kier molecular flexibility index (Phi) is 7.13. The summed E-state index contributed by atoms with van der Waals surface area (Å²) in [6, 6.07) is 7.22. The van der Waals surface area contributed by atoms with Gasteiger partial charge in [-0.2, -0.15) is 0 Å². The van der Waals surface area contributed by atoms with Crippen LogP contribution in [-0.2, 0) is 4.79 Å². The molecule has 1 rings (SSSR count). The molecule has 5 heteroatoms. The lowest BCUT2D eigenvalue weighted by molar-refractivity contribution is -0.136. The van der Waals surface area contributed by atoms with E-state index in [2.05, 4.69) is 26.1 Å². The summed E-state index contributed by atoms with van der Waals surface area (Å²) >= 11 is 1.19. The molecule has 0 saturated heterocycles. The van der Waals surface area contributed by atoms with Crippen LogP contribution in [0.25, 0.3) is 0 Å². The number of carbonyl (C=O) groups is 2. The zero-order chi connectivity index (χ0) is 17.6. The molecule has 0 aliphatic carbocycles. The lowest BCUT2D eigenvalue weighted by Gasteiger charge is -2.22. The molecule has 0 bridgehead atoms. The molecule has 2 N–H and O–H groups in total. The third kappa shape index (κ3) is 7.08. The molecule has 2 atom stereocenters. The topological polar surface area (TPSA) is 66.4 Å². The predicted octanol–water partition coefficient (Wildman–Crippen LogP) is 4.20. The Morgan fingerprint density at radius 3 is 2.39 bits per heavy atom. The summed E-state index contributed by atoms with van der Waals surface area (Å²) in [5.74, 6) is -1.03. The number of hydrogen-bond acceptors (Lipinski definition) is 3. The zero-order valence-electron chi connectivity index (χ0n) is 14.6. The van der Waals surface area contributed by atoms with Crippen molar-refractivity contribution in [2.24, 2.45) is 5.41 Å². The SMILES string of the molecule is CC(CCC(C)(C)C)NC(=O)c1ccccc1SC(C)C(=O)O. The fourth-order valence-corrected chi connectivity index (χ4v) is 2.95. The second kappa shape index (κ2) is 8.39. The van der Waals surface area contributed by atoms with Gasteiger partial charge in [-0.1, -0.05) is 32.9 Å². The number of thioether (sulfide) groups is 1. The van der Waals surface area contributed by atoms with E-state index in [1.165, 1.54) is 11.8 Å². The Labute approximate surface area is 143 Å². The van der Waals surface area contributed by atoms with Crippen molar-refractivity contribution in [2.75, 3.05) is 0 Å². The second-order valence-corrected chi connectivity index (χ2v) is 8.45. The first kappa shape index (κ1) is 19.6. The van der Waals surface area contributed by atoms with Crippen LogP contribution in [0.2, 0.25) is 0 Å². The maximum absolute atomic E-state index is 12.5. The van der Waals surface area contributed by atoms with Crippen LogP contribution in [-0.4, -0.2) is 28.3 Å². The van der Waals surface area contributed by atoms with Gasteiger partial charge in [-0.25, -0.2) is 0 Å². The van der Waals surface area contributed by atoms with Crippen LogP contribution in [0.4, 0.5) is 0 Å². The number of carbonyl (C=O) groups excluding carboxylic acids is 1. The molecule has 1 aromatic rings. The number of carboxylic acids is 1. The minimum Gasteiger partial charge on any atom is -0.480 e. The van der Waals surface area contributed by atoms with E-state index in [-0.39, 0.29) is 17.4 Å². The third-order valence-corrected chi connectivity index (χ3v) is 4.65. The molecular formula is C18H27NO3S. The molecule has 0 fully saturated rings. The standard InChI is InChI=1S/C18H27NO3S/c1-12(10-11-18(3,4)5)19-16(20)14-8-6-7-9-15(14)23-13(2)17(21)22/h6-9,12-13H,10-11H2,1-5H3,(H,19,20)(H,21,22). The number of rotatable bonds is 7. The average molecular weight is 337 g/mol. The van der Waals surface area contributed by atoms with Gasteiger partial charge in [0.05, 0.1) is 5.56 Å². The molecule has 2 unspecified atom stereocenters. The number of carboxylic acid groups (broad SMARTS) is 1. The highest BCUT2D eigenvalue weighted by Gasteiger charge is 2.19. The van der Waals surface area contributed by atoms with E-state index in [9.17, 15) is 9.59 Å². The van der Waals surface area contributed by atoms with Crippen LogP contribution in [0, 0.1) is 5.41 Å². The quantitative estimate of drug-likeness (QED) is 0.732. The van der Waals surface area contributed by atoms with Gasteiger partial charge in [-0.3, -0.25) is 9.59 Å². The van der Waals surface area contributed by atoms with E-state index < -0.39 is 11.2 Å². The molecule has 0 spiro atoms. The van der Waals surface area contributed by atoms with Gasteiger partial charge >= 0.3 is 5.97 Å². The first-order chi connectivity index (χ1) is 10.6. The Hall–Kier alpha value is -1.49. The molecule has 0 saturated carbocycles. The minimum absolute atomic E-state index is 0.0803.